The van der Waals surface area contributed by atoms with Crippen molar-refractivity contribution in [1.29, 1.82) is 0 Å². The molecule has 0 aromatic carbocycles. The number of hydrogen-bond donors (Lipinski definition) is 0. The molecule has 48 valence electrons. The van der Waals surface area contributed by atoms with Crippen LogP contribution in [-0.2, 0) is 4.74 Å². The van der Waals surface area contributed by atoms with Crippen LogP contribution in [0.2, 0.25) is 0 Å². The first-order valence-electron chi connectivity index (χ1n) is 3.23. The van der Waals surface area contributed by atoms with Crippen LogP contribution in [0.3, 0.4) is 0 Å². The Balaban J connectivity index is 2.41. The SMILES string of the molecule is CC(C)C1(C)COC1. The van der Waals surface area contributed by atoms with Crippen molar-refractivity contribution in [1.82, 2.24) is 0 Å². The van der Waals surface area contributed by atoms with E-state index in [0.29, 0.717) is 5.41 Å². The highest BCUT2D eigenvalue weighted by Gasteiger charge is 2.35. The summed E-state index contributed by atoms with van der Waals surface area (Å²) in [6.07, 6.45) is 0. The summed E-state index contributed by atoms with van der Waals surface area (Å²) in [5.74, 6) is 0.774. The summed E-state index contributed by atoms with van der Waals surface area (Å²) < 4.78 is 5.10. The van der Waals surface area contributed by atoms with Gasteiger partial charge in [0.25, 0.3) is 0 Å². The van der Waals surface area contributed by atoms with Crippen LogP contribution in [0.4, 0.5) is 0 Å². The molecule has 0 spiro atoms. The minimum atomic E-state index is 0.500. The summed E-state index contributed by atoms with van der Waals surface area (Å²) >= 11 is 0. The van der Waals surface area contributed by atoms with Crippen LogP contribution in [0.5, 0.6) is 0 Å². The maximum Gasteiger partial charge on any atom is 0.0544 e. The lowest BCUT2D eigenvalue weighted by Gasteiger charge is -2.41. The van der Waals surface area contributed by atoms with E-state index in [1.807, 2.05) is 0 Å². The summed E-state index contributed by atoms with van der Waals surface area (Å²) in [4.78, 5) is 0. The van der Waals surface area contributed by atoms with Crippen molar-refractivity contribution in [3.63, 3.8) is 0 Å². The molecule has 1 nitrogen and oxygen atoms in total. The molecule has 1 rings (SSSR count). The van der Waals surface area contributed by atoms with Gasteiger partial charge in [-0.25, -0.2) is 0 Å². The lowest BCUT2D eigenvalue weighted by Crippen LogP contribution is -2.43. The zero-order valence-electron chi connectivity index (χ0n) is 5.90. The molecule has 0 atom stereocenters. The highest BCUT2D eigenvalue weighted by atomic mass is 16.5. The van der Waals surface area contributed by atoms with Gasteiger partial charge in [0.1, 0.15) is 0 Å². The molecule has 0 unspecified atom stereocenters. The number of ether oxygens (including phenoxy) is 1. The van der Waals surface area contributed by atoms with Gasteiger partial charge in [-0.1, -0.05) is 20.8 Å². The fourth-order valence-corrected chi connectivity index (χ4v) is 0.757. The van der Waals surface area contributed by atoms with Crippen LogP contribution >= 0.6 is 0 Å². The summed E-state index contributed by atoms with van der Waals surface area (Å²) in [7, 11) is 0. The van der Waals surface area contributed by atoms with E-state index in [1.54, 1.807) is 0 Å². The second kappa shape index (κ2) is 1.73. The topological polar surface area (TPSA) is 9.23 Å². The molecule has 0 bridgehead atoms. The molecule has 1 saturated heterocycles. The molecular formula is C7H14O. The van der Waals surface area contributed by atoms with Crippen LogP contribution in [0.1, 0.15) is 20.8 Å². The first kappa shape index (κ1) is 6.09. The molecule has 0 N–H and O–H groups in total. The van der Waals surface area contributed by atoms with E-state index >= 15 is 0 Å². The van der Waals surface area contributed by atoms with Gasteiger partial charge >= 0.3 is 0 Å². The Hall–Kier alpha value is -0.0400. The number of rotatable bonds is 1. The Morgan fingerprint density at radius 3 is 1.88 bits per heavy atom. The molecule has 0 amide bonds. The lowest BCUT2D eigenvalue weighted by atomic mass is 9.78. The van der Waals surface area contributed by atoms with Crippen molar-refractivity contribution >= 4 is 0 Å². The predicted molar refractivity (Wildman–Crippen MR) is 33.8 cm³/mol. The Bertz CT molecular complexity index is 82.4. The average Bonchev–Trinajstić information content (AvgIpc) is 1.60. The summed E-state index contributed by atoms with van der Waals surface area (Å²) in [5.41, 5.74) is 0.500. The van der Waals surface area contributed by atoms with Crippen molar-refractivity contribution in [2.45, 2.75) is 20.8 Å². The minimum Gasteiger partial charge on any atom is -0.380 e. The maximum absolute atomic E-state index is 5.10. The van der Waals surface area contributed by atoms with Gasteiger partial charge in [-0.15, -0.1) is 0 Å². The molecule has 1 heterocycles. The van der Waals surface area contributed by atoms with Crippen LogP contribution in [0.25, 0.3) is 0 Å². The van der Waals surface area contributed by atoms with E-state index in [4.69, 9.17) is 4.74 Å². The van der Waals surface area contributed by atoms with Gasteiger partial charge in [0.15, 0.2) is 0 Å². The Kier molecular flexibility index (Phi) is 1.31. The Labute approximate surface area is 51.0 Å². The van der Waals surface area contributed by atoms with Gasteiger partial charge in [0.05, 0.1) is 13.2 Å². The van der Waals surface area contributed by atoms with E-state index in [1.165, 1.54) is 0 Å². The summed E-state index contributed by atoms with van der Waals surface area (Å²) in [6.45, 7) is 8.71. The highest BCUT2D eigenvalue weighted by Crippen LogP contribution is 2.34. The molecular weight excluding hydrogens is 100 g/mol. The molecule has 8 heavy (non-hydrogen) atoms. The highest BCUT2D eigenvalue weighted by molar-refractivity contribution is 4.83. The third kappa shape index (κ3) is 0.752. The monoisotopic (exact) mass is 114 g/mol. The van der Waals surface area contributed by atoms with E-state index in [9.17, 15) is 0 Å². The molecule has 1 heteroatoms. The van der Waals surface area contributed by atoms with Gasteiger partial charge in [-0.2, -0.15) is 0 Å². The Morgan fingerprint density at radius 2 is 1.88 bits per heavy atom. The first-order chi connectivity index (χ1) is 3.65. The third-order valence-corrected chi connectivity index (χ3v) is 2.26. The zero-order chi connectivity index (χ0) is 6.20. The van der Waals surface area contributed by atoms with E-state index in [-0.39, 0.29) is 0 Å². The van der Waals surface area contributed by atoms with Crippen molar-refractivity contribution in [3.05, 3.63) is 0 Å². The molecule has 0 aromatic heterocycles. The second-order valence-corrected chi connectivity index (χ2v) is 3.30. The second-order valence-electron chi connectivity index (χ2n) is 3.30. The molecule has 0 aliphatic carbocycles. The quantitative estimate of drug-likeness (QED) is 0.504. The number of hydrogen-bond acceptors (Lipinski definition) is 1. The van der Waals surface area contributed by atoms with Crippen molar-refractivity contribution < 1.29 is 4.74 Å². The van der Waals surface area contributed by atoms with Crippen molar-refractivity contribution in [2.24, 2.45) is 11.3 Å². The van der Waals surface area contributed by atoms with Crippen LogP contribution in [0, 0.1) is 11.3 Å². The summed E-state index contributed by atoms with van der Waals surface area (Å²) in [5, 5.41) is 0. The minimum absolute atomic E-state index is 0.500. The first-order valence-corrected chi connectivity index (χ1v) is 3.23. The summed E-state index contributed by atoms with van der Waals surface area (Å²) in [6, 6.07) is 0. The van der Waals surface area contributed by atoms with Gasteiger partial charge in [0, 0.05) is 5.41 Å². The Morgan fingerprint density at radius 1 is 1.38 bits per heavy atom. The largest absolute Gasteiger partial charge is 0.380 e. The van der Waals surface area contributed by atoms with Crippen molar-refractivity contribution in [3.8, 4) is 0 Å². The average molecular weight is 114 g/mol. The van der Waals surface area contributed by atoms with E-state index in [2.05, 4.69) is 20.8 Å². The van der Waals surface area contributed by atoms with Crippen LogP contribution < -0.4 is 0 Å². The van der Waals surface area contributed by atoms with E-state index < -0.39 is 0 Å². The van der Waals surface area contributed by atoms with Crippen LogP contribution in [0.15, 0.2) is 0 Å². The fraction of sp³-hybridized carbons (Fsp3) is 1.00. The molecule has 1 fully saturated rings. The molecule has 1 aliphatic rings. The fourth-order valence-electron chi connectivity index (χ4n) is 0.757. The molecule has 1 aliphatic heterocycles. The van der Waals surface area contributed by atoms with Gasteiger partial charge < -0.3 is 4.74 Å². The molecule has 0 saturated carbocycles. The third-order valence-electron chi connectivity index (χ3n) is 2.26. The standard InChI is InChI=1S/C7H14O/c1-6(2)7(3)4-8-5-7/h6H,4-5H2,1-3H3. The van der Waals surface area contributed by atoms with Crippen LogP contribution in [-0.4, -0.2) is 13.2 Å². The normalized spacial score (nSPS) is 25.5. The maximum atomic E-state index is 5.10. The van der Waals surface area contributed by atoms with E-state index in [0.717, 1.165) is 19.1 Å². The molecule has 0 aromatic rings. The smallest absolute Gasteiger partial charge is 0.0544 e. The zero-order valence-corrected chi connectivity index (χ0v) is 5.90. The lowest BCUT2D eigenvalue weighted by molar-refractivity contribution is -0.126. The van der Waals surface area contributed by atoms with Gasteiger partial charge in [-0.3, -0.25) is 0 Å². The van der Waals surface area contributed by atoms with Crippen molar-refractivity contribution in [2.75, 3.05) is 13.2 Å². The molecule has 0 radical (unpaired) electrons. The van der Waals surface area contributed by atoms with Gasteiger partial charge in [0.2, 0.25) is 0 Å². The van der Waals surface area contributed by atoms with Gasteiger partial charge in [-0.05, 0) is 5.92 Å². The predicted octanol–water partition coefficient (Wildman–Crippen LogP) is 1.68.